The molecule has 3 aromatic rings. The number of hydrogen-bond acceptors (Lipinski definition) is 5. The molecular weight excluding hydrogens is 402 g/mol. The summed E-state index contributed by atoms with van der Waals surface area (Å²) in [5.74, 6) is 0.225. The molecule has 5 nitrogen and oxygen atoms in total. The topological polar surface area (TPSA) is 65.5 Å². The first-order valence-corrected chi connectivity index (χ1v) is 11.2. The number of nitrogens with zero attached hydrogens (tertiary/aromatic N) is 1. The van der Waals surface area contributed by atoms with E-state index in [1.54, 1.807) is 36.5 Å². The third-order valence-electron chi connectivity index (χ3n) is 7.42. The number of esters is 2. The first kappa shape index (κ1) is 19.2. The van der Waals surface area contributed by atoms with Gasteiger partial charge < -0.3 is 9.47 Å². The van der Waals surface area contributed by atoms with E-state index in [-0.39, 0.29) is 23.5 Å². The second kappa shape index (κ2) is 7.59. The van der Waals surface area contributed by atoms with Gasteiger partial charge in [-0.25, -0.2) is 14.6 Å². The van der Waals surface area contributed by atoms with E-state index in [2.05, 4.69) is 29.2 Å². The van der Waals surface area contributed by atoms with Gasteiger partial charge >= 0.3 is 11.9 Å². The van der Waals surface area contributed by atoms with Gasteiger partial charge in [0.15, 0.2) is 0 Å². The van der Waals surface area contributed by atoms with Crippen LogP contribution in [0.1, 0.15) is 44.3 Å². The SMILES string of the molecule is O=C(OC1C2CC(C1OC(=O)c1ccccn1)C1c3ccccc3CC21)c1ccccc1. The molecule has 6 rings (SSSR count). The largest absolute Gasteiger partial charge is 0.455 e. The molecule has 6 atom stereocenters. The van der Waals surface area contributed by atoms with Gasteiger partial charge in [-0.05, 0) is 60.1 Å². The van der Waals surface area contributed by atoms with Gasteiger partial charge in [-0.1, -0.05) is 48.5 Å². The second-order valence-electron chi connectivity index (χ2n) is 8.98. The normalized spacial score (nSPS) is 29.2. The third kappa shape index (κ3) is 3.03. The molecule has 2 bridgehead atoms. The molecule has 2 aromatic carbocycles. The highest BCUT2D eigenvalue weighted by Crippen LogP contribution is 2.62. The zero-order chi connectivity index (χ0) is 21.7. The maximum atomic E-state index is 12.9. The second-order valence-corrected chi connectivity index (χ2v) is 8.98. The molecule has 0 saturated heterocycles. The maximum absolute atomic E-state index is 12.9. The number of rotatable bonds is 4. The molecule has 5 heteroatoms. The number of pyridine rings is 1. The Morgan fingerprint density at radius 1 is 0.750 bits per heavy atom. The minimum Gasteiger partial charge on any atom is -0.455 e. The van der Waals surface area contributed by atoms with Crippen LogP contribution in [0.3, 0.4) is 0 Å². The van der Waals surface area contributed by atoms with E-state index in [1.165, 1.54) is 11.1 Å². The molecule has 32 heavy (non-hydrogen) atoms. The predicted molar refractivity (Wildman–Crippen MR) is 117 cm³/mol. The van der Waals surface area contributed by atoms with Crippen molar-refractivity contribution in [2.45, 2.75) is 31.0 Å². The van der Waals surface area contributed by atoms with E-state index in [9.17, 15) is 9.59 Å². The smallest absolute Gasteiger partial charge is 0.357 e. The Labute approximate surface area is 186 Å². The van der Waals surface area contributed by atoms with Crippen LogP contribution in [-0.2, 0) is 15.9 Å². The molecule has 2 saturated carbocycles. The van der Waals surface area contributed by atoms with Crippen molar-refractivity contribution in [2.24, 2.45) is 17.8 Å². The van der Waals surface area contributed by atoms with Crippen molar-refractivity contribution in [1.82, 2.24) is 4.98 Å². The van der Waals surface area contributed by atoms with Crippen LogP contribution in [0.5, 0.6) is 0 Å². The van der Waals surface area contributed by atoms with Crippen molar-refractivity contribution in [3.05, 3.63) is 101 Å². The molecule has 0 radical (unpaired) electrons. The molecule has 2 fully saturated rings. The molecule has 1 heterocycles. The molecule has 0 N–H and O–H groups in total. The summed E-state index contributed by atoms with van der Waals surface area (Å²) < 4.78 is 12.1. The lowest BCUT2D eigenvalue weighted by molar-refractivity contribution is -0.0700. The summed E-state index contributed by atoms with van der Waals surface area (Å²) in [6.07, 6.45) is 2.54. The predicted octanol–water partition coefficient (Wildman–Crippen LogP) is 4.44. The van der Waals surface area contributed by atoms with Gasteiger partial charge in [-0.3, -0.25) is 0 Å². The number of hydrogen-bond donors (Lipinski definition) is 0. The minimum absolute atomic E-state index is 0.134. The van der Waals surface area contributed by atoms with Gasteiger partial charge in [0.25, 0.3) is 0 Å². The summed E-state index contributed by atoms with van der Waals surface area (Å²) >= 11 is 0. The molecule has 0 amide bonds. The van der Waals surface area contributed by atoms with E-state index in [4.69, 9.17) is 9.47 Å². The first-order valence-electron chi connectivity index (χ1n) is 11.2. The molecule has 0 aliphatic heterocycles. The lowest BCUT2D eigenvalue weighted by atomic mass is 9.76. The fraction of sp³-hybridized carbons (Fsp3) is 0.296. The number of carbonyl (C=O) groups is 2. The highest BCUT2D eigenvalue weighted by Gasteiger charge is 2.63. The standard InChI is InChI=1S/C27H23NO4/c29-26(16-8-2-1-3-9-16)31-24-20-15-21(23-18-11-5-4-10-17(18)14-19(20)23)25(24)32-27(30)22-12-6-7-13-28-22/h1-13,19-21,23-25H,14-15H2. The van der Waals surface area contributed by atoms with E-state index < -0.39 is 18.2 Å². The van der Waals surface area contributed by atoms with Crippen molar-refractivity contribution in [3.63, 3.8) is 0 Å². The zero-order valence-electron chi connectivity index (χ0n) is 17.5. The summed E-state index contributed by atoms with van der Waals surface area (Å²) in [5, 5.41) is 0. The third-order valence-corrected chi connectivity index (χ3v) is 7.42. The highest BCUT2D eigenvalue weighted by molar-refractivity contribution is 5.89. The highest BCUT2D eigenvalue weighted by atomic mass is 16.6. The molecule has 6 unspecified atom stereocenters. The number of carbonyl (C=O) groups excluding carboxylic acids is 2. The Balaban J connectivity index is 1.32. The summed E-state index contributed by atoms with van der Waals surface area (Å²) in [6.45, 7) is 0. The Morgan fingerprint density at radius 2 is 1.47 bits per heavy atom. The number of ether oxygens (including phenoxy) is 2. The maximum Gasteiger partial charge on any atom is 0.357 e. The average molecular weight is 425 g/mol. The lowest BCUT2D eigenvalue weighted by Gasteiger charge is -2.37. The van der Waals surface area contributed by atoms with E-state index in [1.807, 2.05) is 18.2 Å². The molecular formula is C27H23NO4. The Morgan fingerprint density at radius 3 is 2.28 bits per heavy atom. The van der Waals surface area contributed by atoms with Crippen molar-refractivity contribution in [3.8, 4) is 0 Å². The number of aromatic nitrogens is 1. The molecule has 0 spiro atoms. The molecule has 1 aromatic heterocycles. The molecule has 3 aliphatic carbocycles. The van der Waals surface area contributed by atoms with Crippen LogP contribution in [0, 0.1) is 17.8 Å². The minimum atomic E-state index is -0.477. The summed E-state index contributed by atoms with van der Waals surface area (Å²) in [4.78, 5) is 29.9. The van der Waals surface area contributed by atoms with Crippen LogP contribution in [0.4, 0.5) is 0 Å². The Bertz CT molecular complexity index is 1160. The Kier molecular flexibility index (Phi) is 4.56. The first-order chi connectivity index (χ1) is 15.7. The zero-order valence-corrected chi connectivity index (χ0v) is 17.5. The fourth-order valence-electron chi connectivity index (χ4n) is 6.20. The summed E-state index contributed by atoms with van der Waals surface area (Å²) in [7, 11) is 0. The van der Waals surface area contributed by atoms with Crippen LogP contribution in [0.15, 0.2) is 79.0 Å². The van der Waals surface area contributed by atoms with Crippen LogP contribution < -0.4 is 0 Å². The van der Waals surface area contributed by atoms with Gasteiger partial charge in [-0.2, -0.15) is 0 Å². The summed E-state index contributed by atoms with van der Waals surface area (Å²) in [6, 6.07) is 22.7. The van der Waals surface area contributed by atoms with Gasteiger partial charge in [0.2, 0.25) is 0 Å². The number of fused-ring (bicyclic) bond motifs is 7. The van der Waals surface area contributed by atoms with Crippen LogP contribution in [0.2, 0.25) is 0 Å². The van der Waals surface area contributed by atoms with Crippen LogP contribution in [0.25, 0.3) is 0 Å². The lowest BCUT2D eigenvalue weighted by Crippen LogP contribution is -2.45. The van der Waals surface area contributed by atoms with Crippen molar-refractivity contribution in [2.75, 3.05) is 0 Å². The van der Waals surface area contributed by atoms with Crippen molar-refractivity contribution >= 4 is 11.9 Å². The van der Waals surface area contributed by atoms with Gasteiger partial charge in [0, 0.05) is 18.0 Å². The van der Waals surface area contributed by atoms with Crippen LogP contribution in [-0.4, -0.2) is 29.1 Å². The summed E-state index contributed by atoms with van der Waals surface area (Å²) in [5.41, 5.74) is 3.50. The average Bonchev–Trinajstić information content (AvgIpc) is 3.50. The fourth-order valence-corrected chi connectivity index (χ4v) is 6.20. The van der Waals surface area contributed by atoms with Crippen molar-refractivity contribution < 1.29 is 19.1 Å². The van der Waals surface area contributed by atoms with Crippen molar-refractivity contribution in [1.29, 1.82) is 0 Å². The van der Waals surface area contributed by atoms with Gasteiger partial charge in [0.05, 0.1) is 5.56 Å². The quantitative estimate of drug-likeness (QED) is 0.579. The number of benzene rings is 2. The molecule has 160 valence electrons. The van der Waals surface area contributed by atoms with Crippen LogP contribution >= 0.6 is 0 Å². The Hall–Kier alpha value is -3.47. The van der Waals surface area contributed by atoms with E-state index >= 15 is 0 Å². The van der Waals surface area contributed by atoms with E-state index in [0.717, 1.165) is 12.8 Å². The van der Waals surface area contributed by atoms with Gasteiger partial charge in [0.1, 0.15) is 17.9 Å². The monoisotopic (exact) mass is 425 g/mol. The van der Waals surface area contributed by atoms with Gasteiger partial charge in [-0.15, -0.1) is 0 Å². The molecule has 3 aliphatic rings. The van der Waals surface area contributed by atoms with E-state index in [0.29, 0.717) is 17.4 Å².